The van der Waals surface area contributed by atoms with E-state index in [1.54, 1.807) is 7.11 Å². The van der Waals surface area contributed by atoms with Crippen molar-refractivity contribution in [2.24, 2.45) is 5.73 Å². The van der Waals surface area contributed by atoms with Crippen LogP contribution in [-0.2, 0) is 0 Å². The first kappa shape index (κ1) is 13.2. The summed E-state index contributed by atoms with van der Waals surface area (Å²) in [6, 6.07) is 8.60. The van der Waals surface area contributed by atoms with E-state index < -0.39 is 0 Å². The highest BCUT2D eigenvalue weighted by molar-refractivity contribution is 5.92. The first-order valence-corrected chi connectivity index (χ1v) is 7.23. The lowest BCUT2D eigenvalue weighted by molar-refractivity contribution is 0.403. The zero-order chi connectivity index (χ0) is 13.9. The zero-order valence-electron chi connectivity index (χ0n) is 11.8. The number of ether oxygens (including phenoxy) is 1. The van der Waals surface area contributed by atoms with Gasteiger partial charge in [0.25, 0.3) is 0 Å². The molecule has 1 aliphatic rings. The molecule has 0 bridgehead atoms. The van der Waals surface area contributed by atoms with Gasteiger partial charge < -0.3 is 15.8 Å². The number of nitrogens with two attached hydrogens (primary N) is 1. The Labute approximate surface area is 119 Å². The maximum atomic E-state index is 6.21. The lowest BCUT2D eigenvalue weighted by Crippen LogP contribution is -2.42. The molecule has 0 radical (unpaired) electrons. The number of methoxy groups -OCH3 is 1. The minimum absolute atomic E-state index is 0.214. The molecule has 1 heterocycles. The molecule has 1 aromatic carbocycles. The van der Waals surface area contributed by atoms with Crippen molar-refractivity contribution in [1.29, 1.82) is 0 Å². The summed E-state index contributed by atoms with van der Waals surface area (Å²) in [5.74, 6) is 1.75. The fourth-order valence-corrected chi connectivity index (χ4v) is 2.90. The lowest BCUT2D eigenvalue weighted by atomic mass is 9.91. The average molecular weight is 271 g/mol. The molecule has 3 N–H and O–H groups in total. The van der Waals surface area contributed by atoms with Crippen LogP contribution in [0.1, 0.15) is 25.7 Å². The van der Waals surface area contributed by atoms with E-state index in [4.69, 9.17) is 10.5 Å². The van der Waals surface area contributed by atoms with E-state index >= 15 is 0 Å². The number of hydrogen-bond acceptors (Lipinski definition) is 4. The number of aromatic nitrogens is 1. The van der Waals surface area contributed by atoms with E-state index in [0.717, 1.165) is 35.2 Å². The lowest BCUT2D eigenvalue weighted by Gasteiger charge is -2.30. The van der Waals surface area contributed by atoms with Crippen LogP contribution in [0.4, 0.5) is 5.82 Å². The summed E-state index contributed by atoms with van der Waals surface area (Å²) in [5, 5.41) is 5.78. The third-order valence-electron chi connectivity index (χ3n) is 4.11. The molecule has 1 saturated carbocycles. The van der Waals surface area contributed by atoms with Gasteiger partial charge in [0.05, 0.1) is 7.11 Å². The SMILES string of the molecule is COc1ccc2ccnc(N[C@@H]3CCCC[C@H]3N)c2c1. The fourth-order valence-electron chi connectivity index (χ4n) is 2.90. The molecule has 1 aliphatic carbocycles. The Morgan fingerprint density at radius 3 is 2.90 bits per heavy atom. The first-order chi connectivity index (χ1) is 9.78. The van der Waals surface area contributed by atoms with Gasteiger partial charge in [-0.2, -0.15) is 0 Å². The van der Waals surface area contributed by atoms with Gasteiger partial charge in [-0.25, -0.2) is 4.98 Å². The summed E-state index contributed by atoms with van der Waals surface area (Å²) in [5.41, 5.74) is 6.21. The second-order valence-electron chi connectivity index (χ2n) is 5.45. The molecular formula is C16H21N3O. The largest absolute Gasteiger partial charge is 0.497 e. The molecular weight excluding hydrogens is 250 g/mol. The van der Waals surface area contributed by atoms with Crippen LogP contribution in [0.3, 0.4) is 0 Å². The minimum atomic E-state index is 0.214. The molecule has 1 aromatic heterocycles. The first-order valence-electron chi connectivity index (χ1n) is 7.23. The number of anilines is 1. The Balaban J connectivity index is 1.93. The molecule has 2 aromatic rings. The predicted octanol–water partition coefficient (Wildman–Crippen LogP) is 2.93. The molecule has 4 nitrogen and oxygen atoms in total. The highest BCUT2D eigenvalue weighted by Crippen LogP contribution is 2.28. The second kappa shape index (κ2) is 5.67. The number of nitrogens with zero attached hydrogens (tertiary/aromatic N) is 1. The zero-order valence-corrected chi connectivity index (χ0v) is 11.8. The summed E-state index contributed by atoms with van der Waals surface area (Å²) in [7, 11) is 1.68. The van der Waals surface area contributed by atoms with Gasteiger partial charge in [0.15, 0.2) is 0 Å². The molecule has 106 valence electrons. The molecule has 0 aliphatic heterocycles. The molecule has 0 unspecified atom stereocenters. The Morgan fingerprint density at radius 2 is 2.10 bits per heavy atom. The number of nitrogens with one attached hydrogen (secondary N) is 1. The second-order valence-corrected chi connectivity index (χ2v) is 5.45. The molecule has 2 atom stereocenters. The van der Waals surface area contributed by atoms with Crippen molar-refractivity contribution in [2.45, 2.75) is 37.8 Å². The van der Waals surface area contributed by atoms with Crippen LogP contribution in [0.25, 0.3) is 10.8 Å². The number of hydrogen-bond donors (Lipinski definition) is 2. The highest BCUT2D eigenvalue weighted by atomic mass is 16.5. The minimum Gasteiger partial charge on any atom is -0.497 e. The van der Waals surface area contributed by atoms with Gasteiger partial charge in [0, 0.05) is 23.7 Å². The van der Waals surface area contributed by atoms with Crippen molar-refractivity contribution in [3.8, 4) is 5.75 Å². The standard InChI is InChI=1S/C16H21N3O/c1-20-12-7-6-11-8-9-18-16(13(11)10-12)19-15-5-3-2-4-14(15)17/h6-10,14-15H,2-5,17H2,1H3,(H,18,19)/t14-,15-/m1/s1. The Morgan fingerprint density at radius 1 is 1.25 bits per heavy atom. The van der Waals surface area contributed by atoms with Crippen LogP contribution >= 0.6 is 0 Å². The van der Waals surface area contributed by atoms with E-state index in [1.165, 1.54) is 12.8 Å². The maximum Gasteiger partial charge on any atom is 0.134 e. The van der Waals surface area contributed by atoms with Crippen LogP contribution in [-0.4, -0.2) is 24.2 Å². The van der Waals surface area contributed by atoms with Gasteiger partial charge >= 0.3 is 0 Å². The molecule has 0 spiro atoms. The monoisotopic (exact) mass is 271 g/mol. The topological polar surface area (TPSA) is 60.2 Å². The van der Waals surface area contributed by atoms with Crippen molar-refractivity contribution in [2.75, 3.05) is 12.4 Å². The normalized spacial score (nSPS) is 22.7. The van der Waals surface area contributed by atoms with Gasteiger partial charge in [-0.15, -0.1) is 0 Å². The number of benzene rings is 1. The van der Waals surface area contributed by atoms with Crippen molar-refractivity contribution in [1.82, 2.24) is 4.98 Å². The predicted molar refractivity (Wildman–Crippen MR) is 82.1 cm³/mol. The van der Waals surface area contributed by atoms with E-state index in [0.29, 0.717) is 6.04 Å². The van der Waals surface area contributed by atoms with Gasteiger partial charge in [-0.1, -0.05) is 18.9 Å². The number of fused-ring (bicyclic) bond motifs is 1. The third-order valence-corrected chi connectivity index (χ3v) is 4.11. The average Bonchev–Trinajstić information content (AvgIpc) is 2.49. The summed E-state index contributed by atoms with van der Waals surface area (Å²) >= 11 is 0. The summed E-state index contributed by atoms with van der Waals surface area (Å²) in [4.78, 5) is 4.49. The molecule has 1 fully saturated rings. The van der Waals surface area contributed by atoms with Crippen LogP contribution in [0, 0.1) is 0 Å². The molecule has 4 heteroatoms. The molecule has 0 saturated heterocycles. The molecule has 0 amide bonds. The third kappa shape index (κ3) is 2.56. The quantitative estimate of drug-likeness (QED) is 0.901. The molecule has 20 heavy (non-hydrogen) atoms. The van der Waals surface area contributed by atoms with Crippen LogP contribution in [0.2, 0.25) is 0 Å². The van der Waals surface area contributed by atoms with Crippen molar-refractivity contribution >= 4 is 16.6 Å². The van der Waals surface area contributed by atoms with E-state index in [-0.39, 0.29) is 6.04 Å². The maximum absolute atomic E-state index is 6.21. The fraction of sp³-hybridized carbons (Fsp3) is 0.438. The Bertz CT molecular complexity index is 599. The molecule has 3 rings (SSSR count). The summed E-state index contributed by atoms with van der Waals surface area (Å²) in [6.45, 7) is 0. The van der Waals surface area contributed by atoms with Gasteiger partial charge in [-0.3, -0.25) is 0 Å². The Hall–Kier alpha value is -1.81. The highest BCUT2D eigenvalue weighted by Gasteiger charge is 2.22. The van der Waals surface area contributed by atoms with E-state index in [2.05, 4.69) is 16.4 Å². The van der Waals surface area contributed by atoms with Crippen LogP contribution in [0.15, 0.2) is 30.5 Å². The van der Waals surface area contributed by atoms with Crippen LogP contribution < -0.4 is 15.8 Å². The van der Waals surface area contributed by atoms with Gasteiger partial charge in [0.2, 0.25) is 0 Å². The van der Waals surface area contributed by atoms with Crippen LogP contribution in [0.5, 0.6) is 5.75 Å². The van der Waals surface area contributed by atoms with Crippen molar-refractivity contribution < 1.29 is 4.74 Å². The van der Waals surface area contributed by atoms with Gasteiger partial charge in [0.1, 0.15) is 11.6 Å². The summed E-state index contributed by atoms with van der Waals surface area (Å²) in [6.07, 6.45) is 6.51. The Kier molecular flexibility index (Phi) is 3.74. The number of rotatable bonds is 3. The van der Waals surface area contributed by atoms with Crippen molar-refractivity contribution in [3.63, 3.8) is 0 Å². The number of pyridine rings is 1. The smallest absolute Gasteiger partial charge is 0.134 e. The van der Waals surface area contributed by atoms with Gasteiger partial charge in [-0.05, 0) is 36.4 Å². The van der Waals surface area contributed by atoms with E-state index in [9.17, 15) is 0 Å². The summed E-state index contributed by atoms with van der Waals surface area (Å²) < 4.78 is 5.31. The van der Waals surface area contributed by atoms with E-state index in [1.807, 2.05) is 24.4 Å². The van der Waals surface area contributed by atoms with Crippen molar-refractivity contribution in [3.05, 3.63) is 30.5 Å².